The third kappa shape index (κ3) is 2.89. The van der Waals surface area contributed by atoms with Gasteiger partial charge in [0.15, 0.2) is 0 Å². The first-order valence-corrected chi connectivity index (χ1v) is 6.63. The van der Waals surface area contributed by atoms with E-state index in [0.717, 1.165) is 10.9 Å². The monoisotopic (exact) mass is 283 g/mol. The summed E-state index contributed by atoms with van der Waals surface area (Å²) in [5, 5.41) is 4.89. The second-order valence-electron chi connectivity index (χ2n) is 3.83. The van der Waals surface area contributed by atoms with Crippen LogP contribution in [0, 0.1) is 5.82 Å². The lowest BCUT2D eigenvalue weighted by molar-refractivity contribution is 0.0940. The molecule has 1 N–H and O–H groups in total. The Morgan fingerprint density at radius 3 is 2.83 bits per heavy atom. The number of amides is 1. The quantitative estimate of drug-likeness (QED) is 0.905. The summed E-state index contributed by atoms with van der Waals surface area (Å²) in [5.74, 6) is -0.760. The van der Waals surface area contributed by atoms with Crippen LogP contribution in [-0.2, 0) is 0 Å². The van der Waals surface area contributed by atoms with E-state index < -0.39 is 5.82 Å². The van der Waals surface area contributed by atoms with Gasteiger partial charge in [0, 0.05) is 4.88 Å². The Bertz CT molecular complexity index is 556. The summed E-state index contributed by atoms with van der Waals surface area (Å²) in [6.45, 7) is 1.89. The van der Waals surface area contributed by atoms with E-state index >= 15 is 0 Å². The molecule has 1 amide bonds. The minimum atomic E-state index is -0.456. The molecule has 1 unspecified atom stereocenters. The van der Waals surface area contributed by atoms with Crippen LogP contribution in [0.1, 0.15) is 28.2 Å². The Hall–Kier alpha value is -1.39. The summed E-state index contributed by atoms with van der Waals surface area (Å²) in [5.41, 5.74) is 0.279. The smallest absolute Gasteiger partial charge is 0.253 e. The second kappa shape index (κ2) is 5.50. The van der Waals surface area contributed by atoms with E-state index in [9.17, 15) is 9.18 Å². The van der Waals surface area contributed by atoms with E-state index in [0.29, 0.717) is 0 Å². The third-order valence-electron chi connectivity index (χ3n) is 2.49. The molecule has 18 heavy (non-hydrogen) atoms. The number of carbonyl (C=O) groups is 1. The Balaban J connectivity index is 2.12. The fourth-order valence-electron chi connectivity index (χ4n) is 1.56. The summed E-state index contributed by atoms with van der Waals surface area (Å²) < 4.78 is 12.9. The first-order chi connectivity index (χ1) is 8.58. The molecule has 2 rings (SSSR count). The molecule has 1 aromatic carbocycles. The normalized spacial score (nSPS) is 12.2. The number of thiophene rings is 1. The number of halogens is 2. The van der Waals surface area contributed by atoms with Crippen molar-refractivity contribution in [2.75, 3.05) is 0 Å². The summed E-state index contributed by atoms with van der Waals surface area (Å²) in [6, 6.07) is 7.51. The van der Waals surface area contributed by atoms with E-state index in [1.807, 2.05) is 24.4 Å². The number of benzene rings is 1. The zero-order valence-corrected chi connectivity index (χ0v) is 11.2. The number of rotatable bonds is 3. The predicted molar refractivity (Wildman–Crippen MR) is 71.6 cm³/mol. The maximum atomic E-state index is 12.9. The predicted octanol–water partition coefficient (Wildman–Crippen LogP) is 4.03. The first kappa shape index (κ1) is 13.1. The second-order valence-corrected chi connectivity index (χ2v) is 5.22. The molecule has 0 bridgehead atoms. The lowest BCUT2D eigenvalue weighted by Crippen LogP contribution is -2.26. The van der Waals surface area contributed by atoms with Gasteiger partial charge in [-0.25, -0.2) is 4.39 Å². The largest absolute Gasteiger partial charge is 0.345 e. The van der Waals surface area contributed by atoms with Crippen LogP contribution in [0.2, 0.25) is 5.02 Å². The Morgan fingerprint density at radius 2 is 2.22 bits per heavy atom. The fourth-order valence-corrected chi connectivity index (χ4v) is 2.54. The number of carbonyl (C=O) groups excluding carboxylic acids is 1. The van der Waals surface area contributed by atoms with Crippen LogP contribution in [0.15, 0.2) is 35.7 Å². The van der Waals surface area contributed by atoms with Gasteiger partial charge in [-0.1, -0.05) is 17.7 Å². The van der Waals surface area contributed by atoms with Crippen molar-refractivity contribution in [1.29, 1.82) is 0 Å². The van der Waals surface area contributed by atoms with Gasteiger partial charge in [-0.05, 0) is 36.6 Å². The molecule has 0 aliphatic heterocycles. The highest BCUT2D eigenvalue weighted by molar-refractivity contribution is 7.10. The molecule has 94 valence electrons. The first-order valence-electron chi connectivity index (χ1n) is 5.37. The molecule has 1 heterocycles. The summed E-state index contributed by atoms with van der Waals surface area (Å²) in [4.78, 5) is 13.0. The topological polar surface area (TPSA) is 29.1 Å². The van der Waals surface area contributed by atoms with Crippen molar-refractivity contribution >= 4 is 28.8 Å². The Kier molecular flexibility index (Phi) is 3.99. The van der Waals surface area contributed by atoms with Crippen LogP contribution in [0.4, 0.5) is 4.39 Å². The van der Waals surface area contributed by atoms with Crippen LogP contribution in [0.25, 0.3) is 0 Å². The molecule has 0 aliphatic rings. The van der Waals surface area contributed by atoms with E-state index in [-0.39, 0.29) is 22.5 Å². The van der Waals surface area contributed by atoms with Crippen molar-refractivity contribution in [2.45, 2.75) is 13.0 Å². The van der Waals surface area contributed by atoms with Gasteiger partial charge in [-0.15, -0.1) is 11.3 Å². The van der Waals surface area contributed by atoms with Crippen LogP contribution in [-0.4, -0.2) is 5.91 Å². The number of hydrogen-bond acceptors (Lipinski definition) is 2. The molecule has 1 atom stereocenters. The highest BCUT2D eigenvalue weighted by Gasteiger charge is 2.15. The molecular weight excluding hydrogens is 273 g/mol. The minimum absolute atomic E-state index is 0.0985. The van der Waals surface area contributed by atoms with Gasteiger partial charge >= 0.3 is 0 Å². The van der Waals surface area contributed by atoms with Crippen molar-refractivity contribution in [2.24, 2.45) is 0 Å². The zero-order chi connectivity index (χ0) is 13.1. The lowest BCUT2D eigenvalue weighted by atomic mass is 10.2. The molecule has 0 radical (unpaired) electrons. The summed E-state index contributed by atoms with van der Waals surface area (Å²) in [7, 11) is 0. The Labute approximate surface area is 113 Å². The number of nitrogens with one attached hydrogen (secondary N) is 1. The van der Waals surface area contributed by atoms with Crippen molar-refractivity contribution in [3.05, 3.63) is 57.0 Å². The van der Waals surface area contributed by atoms with Gasteiger partial charge in [-0.2, -0.15) is 0 Å². The van der Waals surface area contributed by atoms with Crippen molar-refractivity contribution in [3.8, 4) is 0 Å². The maximum absolute atomic E-state index is 12.9. The van der Waals surface area contributed by atoms with Crippen LogP contribution < -0.4 is 5.32 Å². The third-order valence-corrected chi connectivity index (χ3v) is 3.86. The average molecular weight is 284 g/mol. The summed E-state index contributed by atoms with van der Waals surface area (Å²) >= 11 is 7.40. The fraction of sp³-hybridized carbons (Fsp3) is 0.154. The lowest BCUT2D eigenvalue weighted by Gasteiger charge is -2.12. The van der Waals surface area contributed by atoms with Crippen LogP contribution in [0.5, 0.6) is 0 Å². The molecule has 0 fully saturated rings. The van der Waals surface area contributed by atoms with Gasteiger partial charge in [0.1, 0.15) is 5.82 Å². The maximum Gasteiger partial charge on any atom is 0.253 e. The van der Waals surface area contributed by atoms with E-state index in [2.05, 4.69) is 5.32 Å². The molecule has 5 heteroatoms. The van der Waals surface area contributed by atoms with Gasteiger partial charge < -0.3 is 5.32 Å². The Morgan fingerprint density at radius 1 is 1.44 bits per heavy atom. The van der Waals surface area contributed by atoms with Gasteiger partial charge in [0.2, 0.25) is 0 Å². The minimum Gasteiger partial charge on any atom is -0.345 e. The van der Waals surface area contributed by atoms with Crippen molar-refractivity contribution in [1.82, 2.24) is 5.32 Å². The molecule has 0 spiro atoms. The van der Waals surface area contributed by atoms with Gasteiger partial charge in [0.05, 0.1) is 16.6 Å². The molecule has 2 aromatic rings. The molecule has 0 aliphatic carbocycles. The van der Waals surface area contributed by atoms with Gasteiger partial charge in [-0.3, -0.25) is 4.79 Å². The van der Waals surface area contributed by atoms with Crippen LogP contribution in [0.3, 0.4) is 0 Å². The van der Waals surface area contributed by atoms with E-state index in [1.165, 1.54) is 12.1 Å². The molecular formula is C13H11ClFNOS. The SMILES string of the molecule is CC(NC(=O)c1ccc(F)cc1Cl)c1cccs1. The highest BCUT2D eigenvalue weighted by Crippen LogP contribution is 2.21. The molecule has 2 nitrogen and oxygen atoms in total. The van der Waals surface area contributed by atoms with E-state index in [4.69, 9.17) is 11.6 Å². The summed E-state index contributed by atoms with van der Waals surface area (Å²) in [6.07, 6.45) is 0. The highest BCUT2D eigenvalue weighted by atomic mass is 35.5. The standard InChI is InChI=1S/C13H11ClFNOS/c1-8(12-3-2-6-18-12)16-13(17)10-5-4-9(15)7-11(10)14/h2-8H,1H3,(H,16,17). The van der Waals surface area contributed by atoms with Crippen molar-refractivity contribution < 1.29 is 9.18 Å². The zero-order valence-electron chi connectivity index (χ0n) is 9.61. The molecule has 0 saturated carbocycles. The molecule has 0 saturated heterocycles. The van der Waals surface area contributed by atoms with Gasteiger partial charge in [0.25, 0.3) is 5.91 Å². The average Bonchev–Trinajstić information content (AvgIpc) is 2.81. The number of hydrogen-bond donors (Lipinski definition) is 1. The van der Waals surface area contributed by atoms with Crippen LogP contribution >= 0.6 is 22.9 Å². The molecule has 1 aromatic heterocycles. The van der Waals surface area contributed by atoms with E-state index in [1.54, 1.807) is 11.3 Å². The van der Waals surface area contributed by atoms with Crippen molar-refractivity contribution in [3.63, 3.8) is 0 Å².